The Morgan fingerprint density at radius 3 is 2.50 bits per heavy atom. The van der Waals surface area contributed by atoms with Gasteiger partial charge in [0.25, 0.3) is 6.48 Å². The Bertz CT molecular complexity index is 134. The van der Waals surface area contributed by atoms with Crippen molar-refractivity contribution in [3.05, 3.63) is 0 Å². The molecule has 0 aromatic heterocycles. The van der Waals surface area contributed by atoms with E-state index in [0.29, 0.717) is 0 Å². The van der Waals surface area contributed by atoms with Crippen LogP contribution in [0.2, 0.25) is 0 Å². The molecule has 1 N–H and O–H groups in total. The molecule has 4 heteroatoms. The van der Waals surface area contributed by atoms with E-state index in [9.17, 15) is 0 Å². The summed E-state index contributed by atoms with van der Waals surface area (Å²) >= 11 is 1.65. The normalized spacial score (nSPS) is 24.2. The zero-order valence-corrected chi connectivity index (χ0v) is 9.41. The number of aliphatic hydroxyl groups is 1. The Labute approximate surface area is 87.1 Å². The van der Waals surface area contributed by atoms with Crippen molar-refractivity contribution < 1.29 is 12.9 Å². The molecule has 72 valence electrons. The van der Waals surface area contributed by atoms with Gasteiger partial charge in [0, 0.05) is 0 Å². The van der Waals surface area contributed by atoms with Crippen LogP contribution in [0.3, 0.4) is 0 Å². The highest BCUT2D eigenvalue weighted by Crippen LogP contribution is 2.36. The second-order valence-corrected chi connectivity index (χ2v) is 3.77. The molecule has 1 aliphatic rings. The van der Waals surface area contributed by atoms with E-state index in [4.69, 9.17) is 9.84 Å². The molecule has 1 aliphatic carbocycles. The Morgan fingerprint density at radius 2 is 2.08 bits per heavy atom. The summed E-state index contributed by atoms with van der Waals surface area (Å²) in [5.74, 6) is 0. The monoisotopic (exact) mass is 286 g/mol. The Kier molecular flexibility index (Phi) is 4.22. The summed E-state index contributed by atoms with van der Waals surface area (Å²) in [7, 11) is 0. The molecule has 0 bridgehead atoms. The second-order valence-electron chi connectivity index (χ2n) is 3.26. The van der Waals surface area contributed by atoms with E-state index in [0.717, 1.165) is 19.3 Å². The predicted molar refractivity (Wildman–Crippen MR) is 53.7 cm³/mol. The van der Waals surface area contributed by atoms with Gasteiger partial charge in [-0.15, -0.1) is 0 Å². The van der Waals surface area contributed by atoms with Crippen LogP contribution in [0.5, 0.6) is 0 Å². The van der Waals surface area contributed by atoms with Gasteiger partial charge in [0.05, 0.1) is 5.60 Å². The molecule has 0 aromatic rings. The average molecular weight is 286 g/mol. The van der Waals surface area contributed by atoms with Crippen LogP contribution in [0.25, 0.3) is 0 Å². The van der Waals surface area contributed by atoms with Crippen molar-refractivity contribution in [2.75, 3.05) is 0 Å². The number of hydrogen-bond donors (Lipinski definition) is 1. The summed E-state index contributed by atoms with van der Waals surface area (Å²) in [4.78, 5) is 0. The highest BCUT2D eigenvalue weighted by molar-refractivity contribution is 14.1. The first-order valence-electron chi connectivity index (χ1n) is 4.36. The number of rotatable bonds is 4. The molecule has 1 fully saturated rings. The minimum atomic E-state index is -1.07. The lowest BCUT2D eigenvalue weighted by molar-refractivity contribution is -0.258. The minimum Gasteiger partial charge on any atom is -0.345 e. The van der Waals surface area contributed by atoms with Crippen molar-refractivity contribution in [3.63, 3.8) is 0 Å². The van der Waals surface area contributed by atoms with E-state index in [1.165, 1.54) is 12.8 Å². The van der Waals surface area contributed by atoms with Crippen LogP contribution in [0.15, 0.2) is 0 Å². The van der Waals surface area contributed by atoms with E-state index < -0.39 is 6.48 Å². The van der Waals surface area contributed by atoms with Crippen LogP contribution in [-0.4, -0.2) is 17.2 Å². The lowest BCUT2D eigenvalue weighted by Gasteiger charge is -2.29. The SMILES string of the molecule is CCC1(OC(O)OI)CCCC1. The van der Waals surface area contributed by atoms with E-state index in [2.05, 4.69) is 9.99 Å². The van der Waals surface area contributed by atoms with Gasteiger partial charge in [0.1, 0.15) is 23.0 Å². The van der Waals surface area contributed by atoms with Crippen molar-refractivity contribution in [1.29, 1.82) is 0 Å². The predicted octanol–water partition coefficient (Wildman–Crippen LogP) is 2.37. The van der Waals surface area contributed by atoms with Crippen molar-refractivity contribution in [1.82, 2.24) is 0 Å². The van der Waals surface area contributed by atoms with Crippen LogP contribution in [0.1, 0.15) is 39.0 Å². The first-order chi connectivity index (χ1) is 5.72. The molecule has 12 heavy (non-hydrogen) atoms. The molecule has 0 saturated heterocycles. The van der Waals surface area contributed by atoms with Crippen LogP contribution < -0.4 is 0 Å². The third-order valence-corrected chi connectivity index (χ3v) is 3.02. The Morgan fingerprint density at radius 1 is 1.50 bits per heavy atom. The Hall–Kier alpha value is 0.610. The minimum absolute atomic E-state index is 0.120. The van der Waals surface area contributed by atoms with E-state index in [1.54, 1.807) is 23.0 Å². The first kappa shape index (κ1) is 10.7. The zero-order chi connectivity index (χ0) is 9.03. The van der Waals surface area contributed by atoms with Crippen molar-refractivity contribution >= 4 is 23.0 Å². The fourth-order valence-corrected chi connectivity index (χ4v) is 1.91. The number of ether oxygens (including phenoxy) is 1. The van der Waals surface area contributed by atoms with E-state index in [1.807, 2.05) is 0 Å². The zero-order valence-electron chi connectivity index (χ0n) is 7.25. The highest BCUT2D eigenvalue weighted by atomic mass is 127. The average Bonchev–Trinajstić information content (AvgIpc) is 2.54. The van der Waals surface area contributed by atoms with Crippen LogP contribution in [0.4, 0.5) is 0 Å². The third-order valence-electron chi connectivity index (χ3n) is 2.59. The molecule has 0 amide bonds. The molecule has 1 saturated carbocycles. The maximum absolute atomic E-state index is 9.16. The molecule has 1 unspecified atom stereocenters. The van der Waals surface area contributed by atoms with Crippen molar-refractivity contribution in [2.45, 2.75) is 51.1 Å². The van der Waals surface area contributed by atoms with Gasteiger partial charge in [-0.05, 0) is 19.3 Å². The molecule has 1 atom stereocenters. The second kappa shape index (κ2) is 4.74. The molecule has 0 radical (unpaired) electrons. The van der Waals surface area contributed by atoms with Gasteiger partial charge in [-0.2, -0.15) is 0 Å². The lowest BCUT2D eigenvalue weighted by Crippen LogP contribution is -2.33. The first-order valence-corrected chi connectivity index (χ1v) is 5.24. The Balaban J connectivity index is 2.43. The summed E-state index contributed by atoms with van der Waals surface area (Å²) in [5, 5.41) is 9.16. The van der Waals surface area contributed by atoms with Crippen LogP contribution in [0, 0.1) is 0 Å². The number of aliphatic hydroxyl groups excluding tert-OH is 1. The molecule has 0 aromatic carbocycles. The van der Waals surface area contributed by atoms with Gasteiger partial charge >= 0.3 is 0 Å². The van der Waals surface area contributed by atoms with E-state index in [-0.39, 0.29) is 5.60 Å². The lowest BCUT2D eigenvalue weighted by atomic mass is 9.99. The van der Waals surface area contributed by atoms with Crippen molar-refractivity contribution in [2.24, 2.45) is 0 Å². The highest BCUT2D eigenvalue weighted by Gasteiger charge is 2.35. The fraction of sp³-hybridized carbons (Fsp3) is 1.00. The third kappa shape index (κ3) is 2.55. The summed E-state index contributed by atoms with van der Waals surface area (Å²) in [5.41, 5.74) is -0.120. The topological polar surface area (TPSA) is 38.7 Å². The standard InChI is InChI=1S/C8H15IO3/c1-2-8(5-3-4-6-8)11-7(10)12-9/h7,10H,2-6H2,1H3. The quantitative estimate of drug-likeness (QED) is 0.637. The van der Waals surface area contributed by atoms with Gasteiger partial charge in [0.15, 0.2) is 0 Å². The fourth-order valence-electron chi connectivity index (χ4n) is 1.81. The maximum Gasteiger partial charge on any atom is 0.279 e. The van der Waals surface area contributed by atoms with E-state index >= 15 is 0 Å². The molecule has 0 heterocycles. The largest absolute Gasteiger partial charge is 0.345 e. The molecular weight excluding hydrogens is 271 g/mol. The van der Waals surface area contributed by atoms with Gasteiger partial charge < -0.3 is 9.84 Å². The summed E-state index contributed by atoms with van der Waals surface area (Å²) in [6.45, 7) is 1.02. The molecular formula is C8H15IO3. The van der Waals surface area contributed by atoms with Gasteiger partial charge in [-0.3, -0.25) is 3.07 Å². The molecule has 0 spiro atoms. The van der Waals surface area contributed by atoms with Crippen molar-refractivity contribution in [3.8, 4) is 0 Å². The molecule has 3 nitrogen and oxygen atoms in total. The number of hydrogen-bond acceptors (Lipinski definition) is 3. The van der Waals surface area contributed by atoms with Gasteiger partial charge in [0.2, 0.25) is 0 Å². The maximum atomic E-state index is 9.16. The molecule has 0 aliphatic heterocycles. The summed E-state index contributed by atoms with van der Waals surface area (Å²) in [6.07, 6.45) is 5.43. The smallest absolute Gasteiger partial charge is 0.279 e. The summed E-state index contributed by atoms with van der Waals surface area (Å²) in [6, 6.07) is 0. The van der Waals surface area contributed by atoms with Crippen LogP contribution >= 0.6 is 23.0 Å². The van der Waals surface area contributed by atoms with Gasteiger partial charge in [-0.1, -0.05) is 19.8 Å². The summed E-state index contributed by atoms with van der Waals surface area (Å²) < 4.78 is 10.1. The van der Waals surface area contributed by atoms with Crippen LogP contribution in [-0.2, 0) is 7.80 Å². The van der Waals surface area contributed by atoms with Gasteiger partial charge in [-0.25, -0.2) is 0 Å². The number of halogens is 1. The molecule has 1 rings (SSSR count).